The Kier molecular flexibility index (Phi) is 13.8. The highest BCUT2D eigenvalue weighted by molar-refractivity contribution is 5.07. The Labute approximate surface area is 199 Å². The van der Waals surface area contributed by atoms with Gasteiger partial charge in [0.2, 0.25) is 0 Å². The molecular formula is C30H50O2. The maximum absolute atomic E-state index is 5.79. The molecule has 1 aliphatic heterocycles. The zero-order chi connectivity index (χ0) is 24.0. The average Bonchev–Trinajstić information content (AvgIpc) is 3.32. The summed E-state index contributed by atoms with van der Waals surface area (Å²) >= 11 is 0. The minimum Gasteiger partial charge on any atom is -0.373 e. The summed E-state index contributed by atoms with van der Waals surface area (Å²) in [6, 6.07) is 0. The van der Waals surface area contributed by atoms with E-state index in [0.29, 0.717) is 19.3 Å². The fourth-order valence-corrected chi connectivity index (χ4v) is 3.66. The highest BCUT2D eigenvalue weighted by atomic mass is 16.6. The highest BCUT2D eigenvalue weighted by Gasteiger charge is 2.46. The Balaban J connectivity index is 2.12. The third-order valence-electron chi connectivity index (χ3n) is 6.22. The van der Waals surface area contributed by atoms with Crippen molar-refractivity contribution in [3.63, 3.8) is 0 Å². The summed E-state index contributed by atoms with van der Waals surface area (Å²) in [6.45, 7) is 19.0. The molecule has 1 unspecified atom stereocenters. The van der Waals surface area contributed by atoms with Crippen LogP contribution in [0.5, 0.6) is 0 Å². The minimum atomic E-state index is 0.120. The second kappa shape index (κ2) is 15.5. The van der Waals surface area contributed by atoms with Gasteiger partial charge in [0, 0.05) is 0 Å². The zero-order valence-electron chi connectivity index (χ0n) is 22.4. The van der Waals surface area contributed by atoms with Gasteiger partial charge in [-0.25, -0.2) is 0 Å². The molecule has 1 atom stereocenters. The summed E-state index contributed by atoms with van der Waals surface area (Å²) in [7, 11) is 0. The first kappa shape index (κ1) is 28.7. The molecule has 0 aromatic rings. The van der Waals surface area contributed by atoms with Gasteiger partial charge in [-0.1, -0.05) is 58.2 Å². The molecule has 1 saturated heterocycles. The maximum Gasteiger partial charge on any atom is 0.0892 e. The van der Waals surface area contributed by atoms with Crippen LogP contribution in [-0.4, -0.2) is 24.9 Å². The van der Waals surface area contributed by atoms with Crippen LogP contribution in [0.25, 0.3) is 0 Å². The largest absolute Gasteiger partial charge is 0.373 e. The molecule has 0 aromatic carbocycles. The lowest BCUT2D eigenvalue weighted by Gasteiger charge is -2.04. The standard InChI is InChI=1S/C30H50O2/c1-24(2)12-9-13-25(3)14-10-16-27(5)20-22-31-23-21-28(6)17-11-15-26(4)18-19-29-30(7,8)32-29/h12,14-15,20-21,29H,9-11,13,16-19,22-23H2,1-8H3/b25-14+,26-15+,27-20+,28-21+. The van der Waals surface area contributed by atoms with Crippen molar-refractivity contribution < 1.29 is 9.47 Å². The molecule has 0 spiro atoms. The minimum absolute atomic E-state index is 0.120. The van der Waals surface area contributed by atoms with Crippen LogP contribution in [0.1, 0.15) is 107 Å². The number of epoxide rings is 1. The number of hydrogen-bond acceptors (Lipinski definition) is 2. The zero-order valence-corrected chi connectivity index (χ0v) is 22.4. The number of allylic oxidation sites excluding steroid dienone is 8. The van der Waals surface area contributed by atoms with Crippen LogP contribution < -0.4 is 0 Å². The van der Waals surface area contributed by atoms with Gasteiger partial charge in [-0.2, -0.15) is 0 Å². The summed E-state index contributed by atoms with van der Waals surface area (Å²) in [6.07, 6.45) is 21.1. The van der Waals surface area contributed by atoms with E-state index in [1.54, 1.807) is 0 Å². The van der Waals surface area contributed by atoms with Gasteiger partial charge in [-0.15, -0.1) is 0 Å². The first-order valence-corrected chi connectivity index (χ1v) is 12.6. The lowest BCUT2D eigenvalue weighted by Crippen LogP contribution is -2.02. The monoisotopic (exact) mass is 442 g/mol. The predicted octanol–water partition coefficient (Wildman–Crippen LogP) is 9.05. The number of hydrogen-bond donors (Lipinski definition) is 0. The van der Waals surface area contributed by atoms with E-state index in [0.717, 1.165) is 44.9 Å². The Morgan fingerprint density at radius 2 is 1.06 bits per heavy atom. The Morgan fingerprint density at radius 1 is 0.656 bits per heavy atom. The Morgan fingerprint density at radius 3 is 1.50 bits per heavy atom. The number of rotatable bonds is 16. The molecule has 0 aliphatic carbocycles. The van der Waals surface area contributed by atoms with Crippen LogP contribution in [-0.2, 0) is 9.47 Å². The molecule has 1 fully saturated rings. The van der Waals surface area contributed by atoms with Crippen molar-refractivity contribution in [2.75, 3.05) is 13.2 Å². The Hall–Kier alpha value is -1.38. The van der Waals surface area contributed by atoms with Gasteiger partial charge in [0.1, 0.15) is 0 Å². The normalized spacial score (nSPS) is 19.3. The van der Waals surface area contributed by atoms with E-state index in [1.807, 2.05) is 0 Å². The van der Waals surface area contributed by atoms with Crippen molar-refractivity contribution >= 4 is 0 Å². The molecule has 1 rings (SSSR count). The quantitative estimate of drug-likeness (QED) is 0.135. The average molecular weight is 443 g/mol. The van der Waals surface area contributed by atoms with Crippen LogP contribution in [0.3, 0.4) is 0 Å². The second-order valence-electron chi connectivity index (χ2n) is 10.4. The van der Waals surface area contributed by atoms with Crippen LogP contribution in [0.4, 0.5) is 0 Å². The summed E-state index contributed by atoms with van der Waals surface area (Å²) in [5, 5.41) is 0. The molecule has 1 aliphatic rings. The van der Waals surface area contributed by atoms with E-state index < -0.39 is 0 Å². The molecule has 32 heavy (non-hydrogen) atoms. The number of ether oxygens (including phenoxy) is 2. The summed E-state index contributed by atoms with van der Waals surface area (Å²) < 4.78 is 11.5. The van der Waals surface area contributed by atoms with E-state index in [-0.39, 0.29) is 5.60 Å². The van der Waals surface area contributed by atoms with Gasteiger partial charge in [0.05, 0.1) is 24.9 Å². The van der Waals surface area contributed by atoms with Gasteiger partial charge in [-0.05, 0) is 107 Å². The van der Waals surface area contributed by atoms with Crippen LogP contribution in [0.2, 0.25) is 0 Å². The van der Waals surface area contributed by atoms with E-state index in [9.17, 15) is 0 Å². The lowest BCUT2D eigenvalue weighted by molar-refractivity contribution is 0.192. The molecule has 1 heterocycles. The summed E-state index contributed by atoms with van der Waals surface area (Å²) in [5.41, 5.74) is 7.34. The van der Waals surface area contributed by atoms with E-state index >= 15 is 0 Å². The van der Waals surface area contributed by atoms with Crippen LogP contribution in [0, 0.1) is 0 Å². The summed E-state index contributed by atoms with van der Waals surface area (Å²) in [5.74, 6) is 0. The van der Waals surface area contributed by atoms with Crippen molar-refractivity contribution in [1.82, 2.24) is 0 Å². The molecule has 2 nitrogen and oxygen atoms in total. The van der Waals surface area contributed by atoms with E-state index in [2.05, 4.69) is 85.8 Å². The van der Waals surface area contributed by atoms with Gasteiger partial charge in [0.25, 0.3) is 0 Å². The topological polar surface area (TPSA) is 21.8 Å². The molecule has 182 valence electrons. The molecule has 0 radical (unpaired) electrons. The first-order valence-electron chi connectivity index (χ1n) is 12.6. The van der Waals surface area contributed by atoms with E-state index in [4.69, 9.17) is 9.47 Å². The molecule has 0 N–H and O–H groups in total. The van der Waals surface area contributed by atoms with Crippen molar-refractivity contribution in [2.24, 2.45) is 0 Å². The Bertz CT molecular complexity index is 696. The van der Waals surface area contributed by atoms with Gasteiger partial charge in [0.15, 0.2) is 0 Å². The van der Waals surface area contributed by atoms with Crippen molar-refractivity contribution in [3.8, 4) is 0 Å². The van der Waals surface area contributed by atoms with Crippen LogP contribution in [0.15, 0.2) is 58.2 Å². The maximum atomic E-state index is 5.79. The fraction of sp³-hybridized carbons (Fsp3) is 0.667. The van der Waals surface area contributed by atoms with Crippen molar-refractivity contribution in [3.05, 3.63) is 58.2 Å². The summed E-state index contributed by atoms with van der Waals surface area (Å²) in [4.78, 5) is 0. The second-order valence-corrected chi connectivity index (χ2v) is 10.4. The van der Waals surface area contributed by atoms with Gasteiger partial charge in [-0.3, -0.25) is 0 Å². The molecule has 0 bridgehead atoms. The first-order chi connectivity index (χ1) is 15.1. The van der Waals surface area contributed by atoms with Gasteiger partial charge >= 0.3 is 0 Å². The van der Waals surface area contributed by atoms with Crippen molar-refractivity contribution in [2.45, 2.75) is 118 Å². The third-order valence-corrected chi connectivity index (χ3v) is 6.22. The third kappa shape index (κ3) is 14.6. The van der Waals surface area contributed by atoms with E-state index in [1.165, 1.54) is 34.3 Å². The lowest BCUT2D eigenvalue weighted by atomic mass is 10.0. The van der Waals surface area contributed by atoms with Gasteiger partial charge < -0.3 is 9.47 Å². The smallest absolute Gasteiger partial charge is 0.0892 e. The van der Waals surface area contributed by atoms with Crippen LogP contribution >= 0.6 is 0 Å². The molecular weight excluding hydrogens is 392 g/mol. The predicted molar refractivity (Wildman–Crippen MR) is 141 cm³/mol. The SMILES string of the molecule is CC(C)=CCC/C(C)=C/CC/C(C)=C/COC/C=C(\C)CC/C=C(\C)CCC1OC1(C)C. The molecule has 0 saturated carbocycles. The fourth-order valence-electron chi connectivity index (χ4n) is 3.66. The highest BCUT2D eigenvalue weighted by Crippen LogP contribution is 2.38. The molecule has 0 amide bonds. The van der Waals surface area contributed by atoms with Crippen molar-refractivity contribution in [1.29, 1.82) is 0 Å². The molecule has 0 aromatic heterocycles. The molecule has 2 heteroatoms.